The SMILES string of the molecule is CCCCCCCCCCCCCCCCCCOCC(CN(CCc1ccccc1)C(C)=O)OP(=O)([O-])OCC[N+](C)(C)C. The van der Waals surface area contributed by atoms with Crippen LogP contribution in [0.15, 0.2) is 30.3 Å². The van der Waals surface area contributed by atoms with Crippen molar-refractivity contribution in [2.45, 2.75) is 129 Å². The van der Waals surface area contributed by atoms with Gasteiger partial charge in [0, 0.05) is 26.6 Å². The average molecular weight is 655 g/mol. The third kappa shape index (κ3) is 25.5. The standard InChI is InChI=1S/C36H67N2O6P/c1-6-7-8-9-10-11-12-13-14-15-16-17-18-19-20-24-30-42-33-36(44-45(40,41)43-31-29-38(3,4)5)32-37(34(2)39)28-27-35-25-22-21-23-26-35/h21-23,25-26,36H,6-20,24,27-33H2,1-5H3. The van der Waals surface area contributed by atoms with Crippen LogP contribution >= 0.6 is 7.82 Å². The van der Waals surface area contributed by atoms with Gasteiger partial charge in [-0.05, 0) is 18.4 Å². The maximum absolute atomic E-state index is 12.7. The van der Waals surface area contributed by atoms with Crippen molar-refractivity contribution in [3.63, 3.8) is 0 Å². The van der Waals surface area contributed by atoms with Gasteiger partial charge in [0.15, 0.2) is 0 Å². The number of ether oxygens (including phenoxy) is 1. The molecule has 1 aromatic rings. The number of phosphoric acid groups is 1. The van der Waals surface area contributed by atoms with Crippen molar-refractivity contribution in [1.29, 1.82) is 0 Å². The lowest BCUT2D eigenvalue weighted by Crippen LogP contribution is -2.41. The summed E-state index contributed by atoms with van der Waals surface area (Å²) in [6.45, 7) is 5.51. The summed E-state index contributed by atoms with van der Waals surface area (Å²) in [5, 5.41) is 0. The molecule has 0 bridgehead atoms. The maximum atomic E-state index is 12.7. The van der Waals surface area contributed by atoms with E-state index in [0.29, 0.717) is 30.6 Å². The molecule has 0 fully saturated rings. The molecule has 0 heterocycles. The molecule has 0 aliphatic heterocycles. The summed E-state index contributed by atoms with van der Waals surface area (Å²) in [4.78, 5) is 26.7. The van der Waals surface area contributed by atoms with E-state index in [-0.39, 0.29) is 25.7 Å². The van der Waals surface area contributed by atoms with Gasteiger partial charge < -0.3 is 28.1 Å². The second-order valence-electron chi connectivity index (χ2n) is 13.6. The highest BCUT2D eigenvalue weighted by Crippen LogP contribution is 2.40. The first kappa shape index (κ1) is 41.7. The molecule has 45 heavy (non-hydrogen) atoms. The van der Waals surface area contributed by atoms with Crippen LogP contribution in [0.5, 0.6) is 0 Å². The van der Waals surface area contributed by atoms with Gasteiger partial charge in [-0.15, -0.1) is 0 Å². The van der Waals surface area contributed by atoms with E-state index in [2.05, 4.69) is 6.92 Å². The van der Waals surface area contributed by atoms with Crippen molar-refractivity contribution in [1.82, 2.24) is 4.90 Å². The Kier molecular flexibility index (Phi) is 23.9. The Morgan fingerprint density at radius 3 is 1.82 bits per heavy atom. The van der Waals surface area contributed by atoms with Crippen LogP contribution in [0, 0.1) is 0 Å². The molecule has 0 aromatic heterocycles. The second-order valence-corrected chi connectivity index (χ2v) is 15.0. The number of carbonyl (C=O) groups excluding carboxylic acids is 1. The number of rotatable bonds is 30. The molecule has 0 spiro atoms. The average Bonchev–Trinajstić information content (AvgIpc) is 2.97. The van der Waals surface area contributed by atoms with E-state index in [1.165, 1.54) is 96.8 Å². The monoisotopic (exact) mass is 654 g/mol. The fourth-order valence-corrected chi connectivity index (χ4v) is 6.11. The third-order valence-electron chi connectivity index (χ3n) is 8.12. The summed E-state index contributed by atoms with van der Waals surface area (Å²) in [6.07, 6.45) is 20.8. The fourth-order valence-electron chi connectivity index (χ4n) is 5.25. The number of likely N-dealkylation sites (N-methyl/N-ethyl adjacent to an activating group) is 1. The molecule has 0 saturated heterocycles. The summed E-state index contributed by atoms with van der Waals surface area (Å²) in [5.41, 5.74) is 1.11. The first-order valence-corrected chi connectivity index (χ1v) is 19.3. The summed E-state index contributed by atoms with van der Waals surface area (Å²) >= 11 is 0. The quantitative estimate of drug-likeness (QED) is 0.0476. The smallest absolute Gasteiger partial charge is 0.268 e. The van der Waals surface area contributed by atoms with E-state index in [4.69, 9.17) is 13.8 Å². The van der Waals surface area contributed by atoms with Gasteiger partial charge >= 0.3 is 0 Å². The molecule has 2 atom stereocenters. The highest BCUT2D eigenvalue weighted by Gasteiger charge is 2.23. The summed E-state index contributed by atoms with van der Waals surface area (Å²) in [7, 11) is 1.33. The summed E-state index contributed by atoms with van der Waals surface area (Å²) in [5.74, 6) is -0.135. The topological polar surface area (TPSA) is 88.1 Å². The van der Waals surface area contributed by atoms with Gasteiger partial charge in [0.1, 0.15) is 19.3 Å². The minimum Gasteiger partial charge on any atom is -0.756 e. The highest BCUT2D eigenvalue weighted by molar-refractivity contribution is 7.45. The van der Waals surface area contributed by atoms with Crippen LogP contribution in [-0.4, -0.2) is 82.0 Å². The lowest BCUT2D eigenvalue weighted by atomic mass is 10.0. The molecular weight excluding hydrogens is 587 g/mol. The van der Waals surface area contributed by atoms with Crippen LogP contribution in [0.4, 0.5) is 0 Å². The molecular formula is C36H67N2O6P. The summed E-state index contributed by atoms with van der Waals surface area (Å²) < 4.78 is 29.7. The maximum Gasteiger partial charge on any atom is 0.268 e. The normalized spacial score (nSPS) is 13.9. The molecule has 9 heteroatoms. The first-order chi connectivity index (χ1) is 21.5. The first-order valence-electron chi connectivity index (χ1n) is 17.8. The van der Waals surface area contributed by atoms with Crippen LogP contribution in [0.1, 0.15) is 122 Å². The largest absolute Gasteiger partial charge is 0.756 e. The Bertz CT molecular complexity index is 895. The minimum absolute atomic E-state index is 0.0292. The molecule has 262 valence electrons. The Labute approximate surface area is 276 Å². The molecule has 0 aliphatic carbocycles. The molecule has 1 rings (SSSR count). The number of benzene rings is 1. The van der Waals surface area contributed by atoms with Crippen LogP contribution in [0.25, 0.3) is 0 Å². The fraction of sp³-hybridized carbons (Fsp3) is 0.806. The van der Waals surface area contributed by atoms with Gasteiger partial charge in [0.2, 0.25) is 5.91 Å². The molecule has 0 saturated carbocycles. The lowest BCUT2D eigenvalue weighted by molar-refractivity contribution is -0.870. The number of carbonyl (C=O) groups is 1. The molecule has 8 nitrogen and oxygen atoms in total. The number of amides is 1. The third-order valence-corrected chi connectivity index (χ3v) is 9.17. The highest BCUT2D eigenvalue weighted by atomic mass is 31.2. The van der Waals surface area contributed by atoms with Crippen LogP contribution < -0.4 is 4.89 Å². The second kappa shape index (κ2) is 25.8. The Morgan fingerprint density at radius 1 is 0.822 bits per heavy atom. The summed E-state index contributed by atoms with van der Waals surface area (Å²) in [6, 6.07) is 9.92. The minimum atomic E-state index is -4.57. The van der Waals surface area contributed by atoms with E-state index in [1.807, 2.05) is 51.5 Å². The van der Waals surface area contributed by atoms with Crippen LogP contribution in [0.2, 0.25) is 0 Å². The van der Waals surface area contributed by atoms with E-state index < -0.39 is 13.9 Å². The van der Waals surface area contributed by atoms with Crippen LogP contribution in [0.3, 0.4) is 0 Å². The number of phosphoric ester groups is 1. The van der Waals surface area contributed by atoms with E-state index in [1.54, 1.807) is 4.90 Å². The zero-order valence-corrected chi connectivity index (χ0v) is 30.4. The number of unbranched alkanes of at least 4 members (excludes halogenated alkanes) is 15. The van der Waals surface area contributed by atoms with Crippen molar-refractivity contribution in [2.24, 2.45) is 0 Å². The van der Waals surface area contributed by atoms with E-state index in [0.717, 1.165) is 18.4 Å². The zero-order valence-electron chi connectivity index (χ0n) is 29.5. The lowest BCUT2D eigenvalue weighted by Gasteiger charge is -2.32. The van der Waals surface area contributed by atoms with Crippen LogP contribution in [-0.2, 0) is 29.6 Å². The number of nitrogens with zero attached hydrogens (tertiary/aromatic N) is 2. The Hall–Kier alpha value is -1.28. The molecule has 0 aliphatic rings. The molecule has 1 aromatic carbocycles. The van der Waals surface area contributed by atoms with Crippen molar-refractivity contribution >= 4 is 13.7 Å². The predicted molar refractivity (Wildman–Crippen MR) is 184 cm³/mol. The number of hydrogen-bond donors (Lipinski definition) is 0. The molecule has 0 radical (unpaired) electrons. The molecule has 1 amide bonds. The predicted octanol–water partition coefficient (Wildman–Crippen LogP) is 7.93. The Morgan fingerprint density at radius 2 is 1.33 bits per heavy atom. The van der Waals surface area contributed by atoms with Gasteiger partial charge in [-0.3, -0.25) is 9.36 Å². The van der Waals surface area contributed by atoms with Gasteiger partial charge in [-0.2, -0.15) is 0 Å². The van der Waals surface area contributed by atoms with Crippen molar-refractivity contribution in [3.05, 3.63) is 35.9 Å². The van der Waals surface area contributed by atoms with E-state index >= 15 is 0 Å². The van der Waals surface area contributed by atoms with Gasteiger partial charge in [0.25, 0.3) is 7.82 Å². The van der Waals surface area contributed by atoms with Gasteiger partial charge in [0.05, 0.1) is 27.7 Å². The Balaban J connectivity index is 2.35. The van der Waals surface area contributed by atoms with Gasteiger partial charge in [-0.1, -0.05) is 134 Å². The van der Waals surface area contributed by atoms with Crippen molar-refractivity contribution in [2.75, 3.05) is 60.6 Å². The molecule has 0 N–H and O–H groups in total. The van der Waals surface area contributed by atoms with E-state index in [9.17, 15) is 14.3 Å². The number of quaternary nitrogens is 1. The molecule has 2 unspecified atom stereocenters. The zero-order chi connectivity index (χ0) is 33.2. The van der Waals surface area contributed by atoms with Gasteiger partial charge in [-0.25, -0.2) is 0 Å². The number of hydrogen-bond acceptors (Lipinski definition) is 6. The van der Waals surface area contributed by atoms with Crippen molar-refractivity contribution in [3.8, 4) is 0 Å². The van der Waals surface area contributed by atoms with Crippen molar-refractivity contribution < 1.29 is 32.5 Å².